The second-order valence-electron chi connectivity index (χ2n) is 0.792. The van der Waals surface area contributed by atoms with Crippen LogP contribution in [0.25, 0.3) is 0 Å². The van der Waals surface area contributed by atoms with E-state index in [2.05, 4.69) is 10.7 Å². The van der Waals surface area contributed by atoms with Crippen molar-refractivity contribution >= 4 is 10.0 Å². The van der Waals surface area contributed by atoms with Crippen LogP contribution in [0, 0.1) is 10.5 Å². The lowest BCUT2D eigenvalue weighted by atomic mass is 11.7. The molecule has 0 spiro atoms. The second kappa shape index (κ2) is 4.62. The highest BCUT2D eigenvalue weighted by molar-refractivity contribution is 7.88. The molecule has 50 valence electrons. The number of nitrogens with two attached hydrogens (primary N) is 1. The van der Waals surface area contributed by atoms with Gasteiger partial charge in [-0.25, -0.2) is 13.6 Å². The summed E-state index contributed by atoms with van der Waals surface area (Å²) in [4.78, 5) is 7.50. The molecule has 0 aromatic heterocycles. The zero-order chi connectivity index (χ0) is 7.21. The van der Waals surface area contributed by atoms with E-state index in [0.717, 1.165) is 0 Å². The van der Waals surface area contributed by atoms with Crippen molar-refractivity contribution < 1.29 is 13.5 Å². The molecule has 0 saturated heterocycles. The number of aliphatic hydroxyl groups excluding tert-OH is 1. The quantitative estimate of drug-likeness (QED) is 0.388. The highest BCUT2D eigenvalue weighted by atomic mass is 32.2. The van der Waals surface area contributed by atoms with Crippen LogP contribution in [-0.4, -0.2) is 19.5 Å². The fourth-order valence-corrected chi connectivity index (χ4v) is 0. The minimum atomic E-state index is -3.61. The molecule has 0 atom stereocenters. The Hall–Kier alpha value is -0.530. The van der Waals surface area contributed by atoms with Gasteiger partial charge in [0, 0.05) is 0 Å². The number of sulfonamides is 1. The lowest BCUT2D eigenvalue weighted by molar-refractivity contribution is 0.359. The summed E-state index contributed by atoms with van der Waals surface area (Å²) in [5, 5.41) is 11.9. The van der Waals surface area contributed by atoms with Gasteiger partial charge in [-0.15, -0.1) is 0 Å². The maximum atomic E-state index is 9.53. The predicted molar refractivity (Wildman–Crippen MR) is 26.3 cm³/mol. The fourth-order valence-electron chi connectivity index (χ4n) is 0. The molecule has 0 amide bonds. The third kappa shape index (κ3) is 17.9. The van der Waals surface area contributed by atoms with Crippen molar-refractivity contribution in [3.8, 4) is 0 Å². The molecule has 0 saturated carbocycles. The van der Waals surface area contributed by atoms with Crippen LogP contribution in [0.15, 0.2) is 0 Å². The van der Waals surface area contributed by atoms with Crippen molar-refractivity contribution in [3.63, 3.8) is 0 Å². The number of aliphatic hydroxyl groups is 1. The number of hydrogen-bond donors (Lipinski definition) is 3. The minimum absolute atomic E-state index is 0.979. The molecule has 7 heteroatoms. The standard InChI is InChI=1S/CH5NO3S.HNO/c2-6(4,5)1-3;1-2/h3H,1H2,(H2,2,4,5);1H. The van der Waals surface area contributed by atoms with Crippen molar-refractivity contribution in [2.24, 2.45) is 5.14 Å². The molecule has 0 aliphatic heterocycles. The molecule has 0 aliphatic carbocycles. The summed E-state index contributed by atoms with van der Waals surface area (Å²) in [6, 6.07) is 0. The molecule has 6 nitrogen and oxygen atoms in total. The van der Waals surface area contributed by atoms with Gasteiger partial charge in [0.05, 0.1) is 0 Å². The van der Waals surface area contributed by atoms with Gasteiger partial charge in [-0.3, -0.25) is 0 Å². The first-order valence-electron chi connectivity index (χ1n) is 1.38. The average molecular weight is 142 g/mol. The third-order valence-electron chi connectivity index (χ3n) is 0.180. The van der Waals surface area contributed by atoms with E-state index in [1.807, 2.05) is 0 Å². The van der Waals surface area contributed by atoms with E-state index < -0.39 is 16.0 Å². The first-order valence-corrected chi connectivity index (χ1v) is 3.09. The Labute approximate surface area is 46.1 Å². The Morgan fingerprint density at radius 2 is 1.62 bits per heavy atom. The van der Waals surface area contributed by atoms with Crippen LogP contribution in [-0.2, 0) is 10.0 Å². The van der Waals surface area contributed by atoms with Crippen LogP contribution in [0.2, 0.25) is 0 Å². The molecule has 0 heterocycles. The van der Waals surface area contributed by atoms with Gasteiger partial charge < -0.3 is 5.11 Å². The maximum absolute atomic E-state index is 9.53. The van der Waals surface area contributed by atoms with Crippen LogP contribution in [0.1, 0.15) is 0 Å². The van der Waals surface area contributed by atoms with Gasteiger partial charge in [0.15, 0.2) is 5.94 Å². The van der Waals surface area contributed by atoms with E-state index in [4.69, 9.17) is 10.0 Å². The zero-order valence-electron chi connectivity index (χ0n) is 3.86. The van der Waals surface area contributed by atoms with E-state index in [1.165, 1.54) is 0 Å². The number of nitrogens with one attached hydrogen (secondary N) is 1. The lowest BCUT2D eigenvalue weighted by Crippen LogP contribution is -2.15. The molecule has 0 aromatic carbocycles. The largest absolute Gasteiger partial charge is 0.379 e. The van der Waals surface area contributed by atoms with Crippen LogP contribution >= 0.6 is 0 Å². The SMILES string of the molecule is N=O.NS(=O)(=O)CO. The smallest absolute Gasteiger partial charge is 0.233 e. The summed E-state index contributed by atoms with van der Waals surface area (Å²) < 4.78 is 19.1. The van der Waals surface area contributed by atoms with E-state index in [9.17, 15) is 8.42 Å². The Balaban J connectivity index is 0. The number of primary sulfonamides is 1. The molecule has 4 N–H and O–H groups in total. The van der Waals surface area contributed by atoms with E-state index in [-0.39, 0.29) is 0 Å². The van der Waals surface area contributed by atoms with Crippen molar-refractivity contribution in [2.75, 3.05) is 5.94 Å². The van der Waals surface area contributed by atoms with Gasteiger partial charge in [-0.05, 0) is 0 Å². The number of hydrogen-bond acceptors (Lipinski definition) is 5. The summed E-state index contributed by atoms with van der Waals surface area (Å²) in [7, 11) is -3.61. The first kappa shape index (κ1) is 10.5. The molecule has 0 aliphatic rings. The molecule has 0 bridgehead atoms. The van der Waals surface area contributed by atoms with Crippen LogP contribution < -0.4 is 5.14 Å². The second-order valence-corrected chi connectivity index (χ2v) is 2.38. The van der Waals surface area contributed by atoms with Crippen LogP contribution in [0.4, 0.5) is 0 Å². The van der Waals surface area contributed by atoms with Gasteiger partial charge in [-0.2, -0.15) is 4.91 Å². The topological polar surface area (TPSA) is 121 Å². The van der Waals surface area contributed by atoms with Gasteiger partial charge in [0.1, 0.15) is 0 Å². The molecule has 0 rings (SSSR count). The zero-order valence-corrected chi connectivity index (χ0v) is 4.68. The van der Waals surface area contributed by atoms with Crippen molar-refractivity contribution in [1.82, 2.24) is 0 Å². The van der Waals surface area contributed by atoms with E-state index >= 15 is 0 Å². The molecule has 8 heavy (non-hydrogen) atoms. The molecule has 0 fully saturated rings. The fraction of sp³-hybridized carbons (Fsp3) is 1.00. The van der Waals surface area contributed by atoms with Crippen molar-refractivity contribution in [1.29, 1.82) is 5.59 Å². The maximum Gasteiger partial charge on any atom is 0.233 e. The van der Waals surface area contributed by atoms with Crippen molar-refractivity contribution in [3.05, 3.63) is 4.91 Å². The Morgan fingerprint density at radius 3 is 1.62 bits per heavy atom. The summed E-state index contributed by atoms with van der Waals surface area (Å²) in [5.74, 6) is -0.979. The Bertz CT molecular complexity index is 127. The van der Waals surface area contributed by atoms with Gasteiger partial charge >= 0.3 is 0 Å². The summed E-state index contributed by atoms with van der Waals surface area (Å²) in [6.07, 6.45) is 0. The Kier molecular flexibility index (Phi) is 6.04. The highest BCUT2D eigenvalue weighted by Crippen LogP contribution is 1.64. The number of nitroso groups, excluding NO2 is 1. The lowest BCUT2D eigenvalue weighted by Gasteiger charge is -1.81. The normalized spacial score (nSPS) is 9.25. The van der Waals surface area contributed by atoms with Crippen molar-refractivity contribution in [2.45, 2.75) is 0 Å². The molecule has 0 aromatic rings. The molecular weight excluding hydrogens is 136 g/mol. The summed E-state index contributed by atoms with van der Waals surface area (Å²) >= 11 is 0. The van der Waals surface area contributed by atoms with E-state index in [1.54, 1.807) is 0 Å². The number of rotatable bonds is 1. The van der Waals surface area contributed by atoms with Gasteiger partial charge in [-0.1, -0.05) is 5.59 Å². The molecule has 0 unspecified atom stereocenters. The van der Waals surface area contributed by atoms with Crippen LogP contribution in [0.3, 0.4) is 0 Å². The summed E-state index contributed by atoms with van der Waals surface area (Å²) in [6.45, 7) is 0. The monoisotopic (exact) mass is 142 g/mol. The highest BCUT2D eigenvalue weighted by Gasteiger charge is 1.92. The average Bonchev–Trinajstić information content (AvgIpc) is 1.71. The first-order chi connectivity index (χ1) is 3.56. The summed E-state index contributed by atoms with van der Waals surface area (Å²) in [5.41, 5.74) is 4.50. The predicted octanol–water partition coefficient (Wildman–Crippen LogP) is -1.44. The van der Waals surface area contributed by atoms with Gasteiger partial charge in [0.25, 0.3) is 0 Å². The third-order valence-corrected chi connectivity index (χ3v) is 0.540. The van der Waals surface area contributed by atoms with E-state index in [0.29, 0.717) is 0 Å². The Morgan fingerprint density at radius 1 is 1.50 bits per heavy atom. The molecular formula is CH6N2O4S. The molecule has 0 radical (unpaired) electrons. The van der Waals surface area contributed by atoms with Crippen LogP contribution in [0.5, 0.6) is 0 Å². The van der Waals surface area contributed by atoms with Gasteiger partial charge in [0.2, 0.25) is 10.0 Å². The minimum Gasteiger partial charge on any atom is -0.379 e.